The van der Waals surface area contributed by atoms with Crippen molar-refractivity contribution in [2.45, 2.75) is 38.4 Å². The van der Waals surface area contributed by atoms with Crippen molar-refractivity contribution in [3.8, 4) is 5.75 Å². The van der Waals surface area contributed by atoms with Crippen molar-refractivity contribution < 1.29 is 32.2 Å². The molecule has 192 valence electrons. The molecule has 1 aromatic carbocycles. The Kier molecular flexibility index (Phi) is 8.34. The number of hydrogen-bond donors (Lipinski definition) is 0. The van der Waals surface area contributed by atoms with E-state index in [1.165, 1.54) is 11.4 Å². The van der Waals surface area contributed by atoms with E-state index in [1.807, 2.05) is 11.1 Å². The van der Waals surface area contributed by atoms with Gasteiger partial charge in [-0.3, -0.25) is 14.4 Å². The van der Waals surface area contributed by atoms with Crippen LogP contribution in [0.15, 0.2) is 30.5 Å². The van der Waals surface area contributed by atoms with E-state index >= 15 is 0 Å². The molecule has 0 N–H and O–H groups in total. The van der Waals surface area contributed by atoms with E-state index in [4.69, 9.17) is 18.9 Å². The van der Waals surface area contributed by atoms with Crippen molar-refractivity contribution >= 4 is 16.0 Å². The second-order valence-corrected chi connectivity index (χ2v) is 10.5. The first-order valence-electron chi connectivity index (χ1n) is 11.4. The van der Waals surface area contributed by atoms with Crippen LogP contribution in [0.5, 0.6) is 5.75 Å². The summed E-state index contributed by atoms with van der Waals surface area (Å²) >= 11 is 0. The number of aromatic nitrogens is 3. The first-order chi connectivity index (χ1) is 16.9. The standard InChI is InChI=1S/C22H31N5O7S/c1-31-19-5-3-17(4-6-19)13-27-20(22(28)32-2)16-25(9-12-35(27,29)30)14-18-15-26(24-23-18)8-7-21-33-10-11-34-21/h3-6,15,20-21H,7-14,16H2,1-2H3. The zero-order valence-corrected chi connectivity index (χ0v) is 20.7. The minimum Gasteiger partial charge on any atom is -0.497 e. The van der Waals surface area contributed by atoms with Crippen molar-refractivity contribution in [2.24, 2.45) is 0 Å². The van der Waals surface area contributed by atoms with Crippen molar-refractivity contribution in [2.75, 3.05) is 46.3 Å². The zero-order valence-electron chi connectivity index (χ0n) is 19.9. The van der Waals surface area contributed by atoms with Crippen LogP contribution < -0.4 is 4.74 Å². The molecule has 2 aliphatic rings. The third-order valence-electron chi connectivity index (χ3n) is 6.03. The first kappa shape index (κ1) is 25.5. The number of ether oxygens (including phenoxy) is 4. The maximum absolute atomic E-state index is 13.2. The second-order valence-electron chi connectivity index (χ2n) is 8.42. The molecule has 0 bridgehead atoms. The maximum Gasteiger partial charge on any atom is 0.325 e. The molecule has 13 heteroatoms. The molecule has 0 radical (unpaired) electrons. The van der Waals surface area contributed by atoms with Gasteiger partial charge in [-0.25, -0.2) is 8.42 Å². The summed E-state index contributed by atoms with van der Waals surface area (Å²) in [6, 6.07) is 6.10. The van der Waals surface area contributed by atoms with Crippen LogP contribution in [0.1, 0.15) is 17.7 Å². The molecule has 12 nitrogen and oxygen atoms in total. The molecule has 0 spiro atoms. The van der Waals surface area contributed by atoms with E-state index in [2.05, 4.69) is 10.3 Å². The number of methoxy groups -OCH3 is 2. The lowest BCUT2D eigenvalue weighted by atomic mass is 10.2. The normalized spacial score (nSPS) is 21.6. The van der Waals surface area contributed by atoms with Crippen LogP contribution in [0, 0.1) is 0 Å². The average Bonchev–Trinajstić information content (AvgIpc) is 3.52. The number of carbonyl (C=O) groups is 1. The lowest BCUT2D eigenvalue weighted by Crippen LogP contribution is -2.48. The Labute approximate surface area is 204 Å². The first-order valence-corrected chi connectivity index (χ1v) is 13.0. The number of carbonyl (C=O) groups excluding carboxylic acids is 1. The molecule has 0 amide bonds. The minimum atomic E-state index is -3.73. The Morgan fingerprint density at radius 3 is 2.57 bits per heavy atom. The van der Waals surface area contributed by atoms with Crippen molar-refractivity contribution in [1.29, 1.82) is 0 Å². The number of hydrogen-bond acceptors (Lipinski definition) is 10. The van der Waals surface area contributed by atoms with Gasteiger partial charge in [-0.05, 0) is 17.7 Å². The van der Waals surface area contributed by atoms with Crippen LogP contribution >= 0.6 is 0 Å². The summed E-state index contributed by atoms with van der Waals surface area (Å²) in [4.78, 5) is 14.6. The quantitative estimate of drug-likeness (QED) is 0.434. The van der Waals surface area contributed by atoms with Gasteiger partial charge in [0.25, 0.3) is 0 Å². The molecule has 4 rings (SSSR count). The van der Waals surface area contributed by atoms with Gasteiger partial charge < -0.3 is 18.9 Å². The Balaban J connectivity index is 1.45. The SMILES string of the molecule is COC(=O)C1CN(Cc2cn(CCC3OCCO3)nn2)CCS(=O)(=O)N1Cc1ccc(OC)cc1. The Bertz CT molecular complexity index is 1090. The Hall–Kier alpha value is -2.58. The number of esters is 1. The Morgan fingerprint density at radius 1 is 1.14 bits per heavy atom. The maximum atomic E-state index is 13.2. The largest absolute Gasteiger partial charge is 0.497 e. The lowest BCUT2D eigenvalue weighted by Gasteiger charge is -2.28. The van der Waals surface area contributed by atoms with Gasteiger partial charge in [0.05, 0.1) is 38.9 Å². The smallest absolute Gasteiger partial charge is 0.325 e. The van der Waals surface area contributed by atoms with Gasteiger partial charge in [0.15, 0.2) is 6.29 Å². The fraction of sp³-hybridized carbons (Fsp3) is 0.591. The predicted molar refractivity (Wildman–Crippen MR) is 124 cm³/mol. The Morgan fingerprint density at radius 2 is 1.89 bits per heavy atom. The predicted octanol–water partition coefficient (Wildman–Crippen LogP) is 0.239. The summed E-state index contributed by atoms with van der Waals surface area (Å²) in [5.41, 5.74) is 1.43. The molecule has 1 atom stereocenters. The third-order valence-corrected chi connectivity index (χ3v) is 7.83. The van der Waals surface area contributed by atoms with Crippen LogP contribution in [0.3, 0.4) is 0 Å². The van der Waals surface area contributed by atoms with Gasteiger partial charge in [0.1, 0.15) is 11.8 Å². The van der Waals surface area contributed by atoms with E-state index in [1.54, 1.807) is 36.1 Å². The van der Waals surface area contributed by atoms with Crippen molar-refractivity contribution in [1.82, 2.24) is 24.2 Å². The van der Waals surface area contributed by atoms with Crippen LogP contribution in [-0.4, -0.2) is 97.2 Å². The van der Waals surface area contributed by atoms with Crippen molar-refractivity contribution in [3.63, 3.8) is 0 Å². The van der Waals surface area contributed by atoms with Crippen LogP contribution in [0.4, 0.5) is 0 Å². The third kappa shape index (κ3) is 6.55. The highest BCUT2D eigenvalue weighted by Gasteiger charge is 2.40. The molecule has 0 aliphatic carbocycles. The van der Waals surface area contributed by atoms with Gasteiger partial charge >= 0.3 is 5.97 Å². The molecule has 3 heterocycles. The van der Waals surface area contributed by atoms with E-state index in [0.29, 0.717) is 44.2 Å². The molecule has 35 heavy (non-hydrogen) atoms. The van der Waals surface area contributed by atoms with E-state index < -0.39 is 22.0 Å². The van der Waals surface area contributed by atoms with Gasteiger partial charge in [0, 0.05) is 45.3 Å². The summed E-state index contributed by atoms with van der Waals surface area (Å²) < 4.78 is 50.3. The fourth-order valence-electron chi connectivity index (χ4n) is 4.13. The van der Waals surface area contributed by atoms with Gasteiger partial charge in [-0.2, -0.15) is 4.31 Å². The topological polar surface area (TPSA) is 125 Å². The van der Waals surface area contributed by atoms with E-state index in [0.717, 1.165) is 5.56 Å². The summed E-state index contributed by atoms with van der Waals surface area (Å²) in [7, 11) is -0.900. The lowest BCUT2D eigenvalue weighted by molar-refractivity contribution is -0.145. The fourth-order valence-corrected chi connectivity index (χ4v) is 5.74. The van der Waals surface area contributed by atoms with Gasteiger partial charge in [-0.1, -0.05) is 17.3 Å². The average molecular weight is 510 g/mol. The molecular formula is C22H31N5O7S. The molecule has 1 unspecified atom stereocenters. The second kappa shape index (κ2) is 11.4. The highest BCUT2D eigenvalue weighted by molar-refractivity contribution is 7.89. The van der Waals surface area contributed by atoms with Crippen LogP contribution in [0.2, 0.25) is 0 Å². The van der Waals surface area contributed by atoms with E-state index in [-0.39, 0.29) is 31.7 Å². The summed E-state index contributed by atoms with van der Waals surface area (Å²) in [5.74, 6) is -0.0602. The molecular weight excluding hydrogens is 478 g/mol. The zero-order chi connectivity index (χ0) is 24.8. The number of benzene rings is 1. The molecule has 1 aromatic heterocycles. The molecule has 2 fully saturated rings. The highest BCUT2D eigenvalue weighted by atomic mass is 32.2. The number of sulfonamides is 1. The highest BCUT2D eigenvalue weighted by Crippen LogP contribution is 2.22. The molecule has 2 saturated heterocycles. The van der Waals surface area contributed by atoms with Gasteiger partial charge in [0.2, 0.25) is 10.0 Å². The summed E-state index contributed by atoms with van der Waals surface area (Å²) in [6.45, 7) is 2.64. The number of nitrogens with zero attached hydrogens (tertiary/aromatic N) is 5. The summed E-state index contributed by atoms with van der Waals surface area (Å²) in [6.07, 6.45) is 2.25. The molecule has 2 aromatic rings. The number of rotatable bonds is 9. The monoisotopic (exact) mass is 509 g/mol. The molecule has 0 saturated carbocycles. The summed E-state index contributed by atoms with van der Waals surface area (Å²) in [5, 5.41) is 8.36. The van der Waals surface area contributed by atoms with Crippen molar-refractivity contribution in [3.05, 3.63) is 41.7 Å². The van der Waals surface area contributed by atoms with Crippen LogP contribution in [0.25, 0.3) is 0 Å². The number of aryl methyl sites for hydroxylation is 1. The minimum absolute atomic E-state index is 0.0570. The van der Waals surface area contributed by atoms with Crippen LogP contribution in [-0.2, 0) is 48.7 Å². The van der Waals surface area contributed by atoms with E-state index in [9.17, 15) is 13.2 Å². The van der Waals surface area contributed by atoms with Gasteiger partial charge in [-0.15, -0.1) is 5.10 Å². The molecule has 2 aliphatic heterocycles.